The average molecular weight is 296 g/mol. The molecule has 1 aromatic carbocycles. The molecule has 1 saturated heterocycles. The van der Waals surface area contributed by atoms with Gasteiger partial charge in [-0.05, 0) is 68.8 Å². The molecule has 1 aliphatic heterocycles. The SMILES string of the molecule is CCCNCC(Cc1ccc(Cl)cc1)CC1CCCO1. The number of nitrogens with one attached hydrogen (secondary N) is 1. The van der Waals surface area contributed by atoms with Crippen LogP contribution in [-0.2, 0) is 11.2 Å². The van der Waals surface area contributed by atoms with E-state index < -0.39 is 0 Å². The molecular weight excluding hydrogens is 270 g/mol. The summed E-state index contributed by atoms with van der Waals surface area (Å²) in [6, 6.07) is 8.26. The number of ether oxygens (including phenoxy) is 1. The molecule has 0 saturated carbocycles. The Morgan fingerprint density at radius 1 is 1.35 bits per heavy atom. The van der Waals surface area contributed by atoms with Crippen LogP contribution in [0.4, 0.5) is 0 Å². The van der Waals surface area contributed by atoms with Crippen LogP contribution >= 0.6 is 11.6 Å². The topological polar surface area (TPSA) is 21.3 Å². The van der Waals surface area contributed by atoms with Crippen molar-refractivity contribution in [2.24, 2.45) is 5.92 Å². The van der Waals surface area contributed by atoms with E-state index in [4.69, 9.17) is 16.3 Å². The number of halogens is 1. The molecule has 1 fully saturated rings. The second-order valence-electron chi connectivity index (χ2n) is 5.77. The third-order valence-corrected chi connectivity index (χ3v) is 4.17. The summed E-state index contributed by atoms with van der Waals surface area (Å²) in [7, 11) is 0. The van der Waals surface area contributed by atoms with Gasteiger partial charge >= 0.3 is 0 Å². The third-order valence-electron chi connectivity index (χ3n) is 3.92. The Hall–Kier alpha value is -0.570. The second-order valence-corrected chi connectivity index (χ2v) is 6.21. The molecule has 2 rings (SSSR count). The van der Waals surface area contributed by atoms with Crippen molar-refractivity contribution in [3.05, 3.63) is 34.9 Å². The first kappa shape index (κ1) is 15.8. The van der Waals surface area contributed by atoms with Gasteiger partial charge in [-0.3, -0.25) is 0 Å². The van der Waals surface area contributed by atoms with E-state index in [0.717, 1.165) is 31.1 Å². The Bertz CT molecular complexity index is 373. The molecule has 0 amide bonds. The highest BCUT2D eigenvalue weighted by molar-refractivity contribution is 6.30. The molecule has 2 unspecified atom stereocenters. The van der Waals surface area contributed by atoms with E-state index in [-0.39, 0.29) is 0 Å². The summed E-state index contributed by atoms with van der Waals surface area (Å²) in [6.07, 6.45) is 6.38. The first-order chi connectivity index (χ1) is 9.78. The van der Waals surface area contributed by atoms with E-state index >= 15 is 0 Å². The van der Waals surface area contributed by atoms with Crippen molar-refractivity contribution in [2.45, 2.75) is 45.1 Å². The summed E-state index contributed by atoms with van der Waals surface area (Å²) in [5.41, 5.74) is 1.37. The molecule has 0 bridgehead atoms. The lowest BCUT2D eigenvalue weighted by Gasteiger charge is -2.21. The summed E-state index contributed by atoms with van der Waals surface area (Å²) in [5.74, 6) is 0.644. The van der Waals surface area contributed by atoms with Crippen LogP contribution in [0.25, 0.3) is 0 Å². The zero-order valence-electron chi connectivity index (χ0n) is 12.4. The predicted molar refractivity (Wildman–Crippen MR) is 85.4 cm³/mol. The lowest BCUT2D eigenvalue weighted by Crippen LogP contribution is -2.28. The zero-order valence-corrected chi connectivity index (χ0v) is 13.2. The van der Waals surface area contributed by atoms with Crippen LogP contribution < -0.4 is 5.32 Å². The highest BCUT2D eigenvalue weighted by atomic mass is 35.5. The molecule has 3 heteroatoms. The molecule has 1 N–H and O–H groups in total. The number of rotatable bonds is 8. The number of benzene rings is 1. The molecule has 0 spiro atoms. The van der Waals surface area contributed by atoms with Gasteiger partial charge in [-0.15, -0.1) is 0 Å². The molecule has 0 radical (unpaired) electrons. The molecule has 112 valence electrons. The first-order valence-corrected chi connectivity index (χ1v) is 8.22. The largest absolute Gasteiger partial charge is 0.378 e. The fraction of sp³-hybridized carbons (Fsp3) is 0.647. The van der Waals surface area contributed by atoms with Gasteiger partial charge in [0.25, 0.3) is 0 Å². The van der Waals surface area contributed by atoms with E-state index in [9.17, 15) is 0 Å². The van der Waals surface area contributed by atoms with Crippen molar-refractivity contribution >= 4 is 11.6 Å². The van der Waals surface area contributed by atoms with Crippen molar-refractivity contribution in [3.8, 4) is 0 Å². The molecule has 1 aliphatic rings. The van der Waals surface area contributed by atoms with Gasteiger partial charge in [0.15, 0.2) is 0 Å². The smallest absolute Gasteiger partial charge is 0.0579 e. The highest BCUT2D eigenvalue weighted by Crippen LogP contribution is 2.23. The Morgan fingerprint density at radius 2 is 2.15 bits per heavy atom. The van der Waals surface area contributed by atoms with Crippen LogP contribution in [0.15, 0.2) is 24.3 Å². The monoisotopic (exact) mass is 295 g/mol. The fourth-order valence-electron chi connectivity index (χ4n) is 2.88. The van der Waals surface area contributed by atoms with Crippen molar-refractivity contribution in [2.75, 3.05) is 19.7 Å². The molecule has 20 heavy (non-hydrogen) atoms. The minimum absolute atomic E-state index is 0.468. The van der Waals surface area contributed by atoms with Crippen molar-refractivity contribution in [3.63, 3.8) is 0 Å². The third kappa shape index (κ3) is 5.43. The van der Waals surface area contributed by atoms with Crippen LogP contribution in [0.5, 0.6) is 0 Å². The maximum Gasteiger partial charge on any atom is 0.0579 e. The summed E-state index contributed by atoms with van der Waals surface area (Å²) in [6.45, 7) is 5.33. The molecule has 2 atom stereocenters. The van der Waals surface area contributed by atoms with Crippen molar-refractivity contribution in [1.29, 1.82) is 0 Å². The lowest BCUT2D eigenvalue weighted by molar-refractivity contribution is 0.0893. The van der Waals surface area contributed by atoms with Gasteiger partial charge in [-0.25, -0.2) is 0 Å². The molecular formula is C17H26ClNO. The number of hydrogen-bond acceptors (Lipinski definition) is 2. The van der Waals surface area contributed by atoms with Gasteiger partial charge < -0.3 is 10.1 Å². The van der Waals surface area contributed by atoms with E-state index in [0.29, 0.717) is 12.0 Å². The summed E-state index contributed by atoms with van der Waals surface area (Å²) in [4.78, 5) is 0. The summed E-state index contributed by atoms with van der Waals surface area (Å²) < 4.78 is 5.80. The van der Waals surface area contributed by atoms with Crippen LogP contribution in [-0.4, -0.2) is 25.8 Å². The summed E-state index contributed by atoms with van der Waals surface area (Å²) >= 11 is 5.96. The quantitative estimate of drug-likeness (QED) is 0.730. The van der Waals surface area contributed by atoms with Gasteiger partial charge in [0.1, 0.15) is 0 Å². The molecule has 2 nitrogen and oxygen atoms in total. The minimum atomic E-state index is 0.468. The van der Waals surface area contributed by atoms with E-state index in [1.165, 1.54) is 31.2 Å². The predicted octanol–water partition coefficient (Wildman–Crippen LogP) is 4.07. The highest BCUT2D eigenvalue weighted by Gasteiger charge is 2.20. The van der Waals surface area contributed by atoms with Gasteiger partial charge in [-0.2, -0.15) is 0 Å². The van der Waals surface area contributed by atoms with Gasteiger partial charge in [0, 0.05) is 11.6 Å². The van der Waals surface area contributed by atoms with Crippen LogP contribution in [0, 0.1) is 5.92 Å². The maximum absolute atomic E-state index is 5.96. The van der Waals surface area contributed by atoms with Crippen LogP contribution in [0.2, 0.25) is 5.02 Å². The van der Waals surface area contributed by atoms with E-state index in [1.807, 2.05) is 12.1 Å². The van der Waals surface area contributed by atoms with Gasteiger partial charge in [0.05, 0.1) is 6.10 Å². The maximum atomic E-state index is 5.96. The Kier molecular flexibility index (Phi) is 6.85. The Morgan fingerprint density at radius 3 is 2.80 bits per heavy atom. The molecule has 1 heterocycles. The van der Waals surface area contributed by atoms with E-state index in [2.05, 4.69) is 24.4 Å². The van der Waals surface area contributed by atoms with Gasteiger partial charge in [0.2, 0.25) is 0 Å². The van der Waals surface area contributed by atoms with Crippen LogP contribution in [0.3, 0.4) is 0 Å². The van der Waals surface area contributed by atoms with Crippen molar-refractivity contribution < 1.29 is 4.74 Å². The Labute approximate surface area is 127 Å². The Balaban J connectivity index is 1.88. The first-order valence-electron chi connectivity index (χ1n) is 7.84. The van der Waals surface area contributed by atoms with Crippen LogP contribution in [0.1, 0.15) is 38.2 Å². The van der Waals surface area contributed by atoms with E-state index in [1.54, 1.807) is 0 Å². The zero-order chi connectivity index (χ0) is 14.2. The molecule has 0 aliphatic carbocycles. The minimum Gasteiger partial charge on any atom is -0.378 e. The standard InChI is InChI=1S/C17H26ClNO/c1-2-9-19-13-15(12-17-4-3-10-20-17)11-14-5-7-16(18)8-6-14/h5-8,15,17,19H,2-4,9-13H2,1H3. The van der Waals surface area contributed by atoms with Gasteiger partial charge in [-0.1, -0.05) is 30.7 Å². The molecule has 0 aromatic heterocycles. The van der Waals surface area contributed by atoms with Crippen molar-refractivity contribution in [1.82, 2.24) is 5.32 Å². The number of hydrogen-bond donors (Lipinski definition) is 1. The fourth-order valence-corrected chi connectivity index (χ4v) is 3.00. The normalized spacial score (nSPS) is 20.2. The summed E-state index contributed by atoms with van der Waals surface area (Å²) in [5, 5.41) is 4.37. The lowest BCUT2D eigenvalue weighted by atomic mass is 9.92. The average Bonchev–Trinajstić information content (AvgIpc) is 2.94. The second kappa shape index (κ2) is 8.66. The molecule has 1 aromatic rings.